The Morgan fingerprint density at radius 2 is 1.55 bits per heavy atom. The molecular weight excluding hydrogens is 504 g/mol. The van der Waals surface area contributed by atoms with Crippen molar-refractivity contribution in [1.82, 2.24) is 10.0 Å². The largest absolute Gasteiger partial charge is 0.457 e. The second-order valence-electron chi connectivity index (χ2n) is 9.69. The highest BCUT2D eigenvalue weighted by Gasteiger charge is 2.48. The number of hydrazone groups is 2. The molecule has 3 aliphatic heterocycles. The highest BCUT2D eigenvalue weighted by atomic mass is 16.7. The van der Waals surface area contributed by atoms with Gasteiger partial charge in [-0.2, -0.15) is 10.2 Å². The van der Waals surface area contributed by atoms with Crippen molar-refractivity contribution < 1.29 is 49.3 Å². The van der Waals surface area contributed by atoms with Crippen LogP contribution in [0.25, 0.3) is 0 Å². The molecule has 0 bridgehead atoms. The summed E-state index contributed by atoms with van der Waals surface area (Å²) in [5.41, 5.74) is 0. The Morgan fingerprint density at radius 1 is 0.974 bits per heavy atom. The lowest BCUT2D eigenvalue weighted by Crippen LogP contribution is -2.61. The average Bonchev–Trinajstić information content (AvgIpc) is 2.93. The van der Waals surface area contributed by atoms with Gasteiger partial charge in [-0.25, -0.2) is 0 Å². The topological polar surface area (TPSA) is 186 Å². The first kappa shape index (κ1) is 30.6. The number of piperidine rings is 2. The maximum absolute atomic E-state index is 11.5. The number of rotatable bonds is 12. The molecule has 3 rings (SSSR count). The Bertz CT molecular complexity index is 762. The molecule has 3 aliphatic rings. The van der Waals surface area contributed by atoms with E-state index in [2.05, 4.69) is 10.2 Å². The summed E-state index contributed by atoms with van der Waals surface area (Å²) in [5.74, 6) is -0.749. The van der Waals surface area contributed by atoms with E-state index >= 15 is 0 Å². The van der Waals surface area contributed by atoms with Crippen molar-refractivity contribution in [1.29, 1.82) is 0 Å². The molecule has 38 heavy (non-hydrogen) atoms. The number of nitrogens with zero attached hydrogens (tertiary/aromatic N) is 4. The Morgan fingerprint density at radius 3 is 2.08 bits per heavy atom. The maximum atomic E-state index is 11.5. The van der Waals surface area contributed by atoms with Crippen LogP contribution < -0.4 is 0 Å². The quantitative estimate of drug-likeness (QED) is 0.107. The number of aliphatic hydroxyl groups is 5. The number of aliphatic hydroxyl groups excluding tert-OH is 5. The summed E-state index contributed by atoms with van der Waals surface area (Å²) in [4.78, 5) is 11.5. The van der Waals surface area contributed by atoms with Gasteiger partial charge in [0.25, 0.3) is 0 Å². The molecule has 8 atom stereocenters. The van der Waals surface area contributed by atoms with E-state index in [1.54, 1.807) is 0 Å². The summed E-state index contributed by atoms with van der Waals surface area (Å²) >= 11 is 0. The molecule has 0 radical (unpaired) electrons. The molecule has 0 amide bonds. The van der Waals surface area contributed by atoms with Gasteiger partial charge in [0, 0.05) is 33.1 Å². The van der Waals surface area contributed by atoms with Crippen LogP contribution in [0.3, 0.4) is 0 Å². The molecule has 0 aromatic heterocycles. The molecule has 3 saturated heterocycles. The van der Waals surface area contributed by atoms with Gasteiger partial charge in [0.1, 0.15) is 30.5 Å². The van der Waals surface area contributed by atoms with Gasteiger partial charge in [-0.1, -0.05) is 0 Å². The molecule has 3 fully saturated rings. The second-order valence-corrected chi connectivity index (χ2v) is 9.69. The number of carbonyl (C=O) groups is 1. The molecule has 14 nitrogen and oxygen atoms in total. The van der Waals surface area contributed by atoms with Crippen LogP contribution >= 0.6 is 0 Å². The number of ether oxygens (including phenoxy) is 4. The molecule has 0 aromatic rings. The average molecular weight is 547 g/mol. The third kappa shape index (κ3) is 9.09. The van der Waals surface area contributed by atoms with E-state index in [1.165, 1.54) is 12.4 Å². The van der Waals surface area contributed by atoms with Gasteiger partial charge >= 0.3 is 5.97 Å². The van der Waals surface area contributed by atoms with Crippen molar-refractivity contribution >= 4 is 18.4 Å². The number of carbonyl (C=O) groups excluding carboxylic acids is 1. The van der Waals surface area contributed by atoms with Crippen molar-refractivity contribution in [2.24, 2.45) is 10.2 Å². The number of hydrogen-bond donors (Lipinski definition) is 5. The lowest BCUT2D eigenvalue weighted by atomic mass is 9.99. The standard InChI is InChI=1S/C24H42N4O10/c1-16(31)35-23-21(33)19(15-30)38-24(22(23)34)37-17(12-25-27-8-4-2-5-9-27)18(14-29)36-20(32)13-26-28-10-6-3-7-11-28/h12-13,17-24,29-30,32-34H,2-11,14-15H2,1H3/b25-12-,26-13+/t17-,18+,19-,20-,21+,22+,23-,24-/m0/s1. The Kier molecular flexibility index (Phi) is 12.6. The van der Waals surface area contributed by atoms with Crippen molar-refractivity contribution in [3.05, 3.63) is 0 Å². The zero-order valence-corrected chi connectivity index (χ0v) is 21.8. The zero-order valence-electron chi connectivity index (χ0n) is 21.8. The van der Waals surface area contributed by atoms with Gasteiger partial charge in [-0.3, -0.25) is 14.8 Å². The first-order valence-corrected chi connectivity index (χ1v) is 13.3. The molecule has 0 aromatic carbocycles. The van der Waals surface area contributed by atoms with E-state index in [4.69, 9.17) is 18.9 Å². The van der Waals surface area contributed by atoms with Crippen molar-refractivity contribution in [2.75, 3.05) is 39.4 Å². The fourth-order valence-electron chi connectivity index (χ4n) is 4.61. The van der Waals surface area contributed by atoms with E-state index in [-0.39, 0.29) is 0 Å². The third-order valence-corrected chi connectivity index (χ3v) is 6.68. The molecule has 0 unspecified atom stereocenters. The number of esters is 1. The minimum atomic E-state index is -1.63. The SMILES string of the molecule is CC(=O)O[C@@H]1[C@@H](O)[C@@H](O[C@@H](/C=N\N2CCCCC2)[C@@H](CO)O[C@H](O)/C=N/N2CCCCC2)O[C@@H](CO)[C@H]1O. The lowest BCUT2D eigenvalue weighted by molar-refractivity contribution is -0.315. The predicted molar refractivity (Wildman–Crippen MR) is 134 cm³/mol. The summed E-state index contributed by atoms with van der Waals surface area (Å²) in [6.45, 7) is 2.91. The number of hydrogen-bond acceptors (Lipinski definition) is 14. The first-order valence-electron chi connectivity index (χ1n) is 13.3. The first-order chi connectivity index (χ1) is 18.3. The zero-order chi connectivity index (χ0) is 27.5. The smallest absolute Gasteiger partial charge is 0.303 e. The van der Waals surface area contributed by atoms with Crippen molar-refractivity contribution in [3.8, 4) is 0 Å². The van der Waals surface area contributed by atoms with Gasteiger partial charge < -0.3 is 44.5 Å². The minimum absolute atomic E-state index is 0.590. The van der Waals surface area contributed by atoms with Crippen LogP contribution in [0.1, 0.15) is 45.4 Å². The van der Waals surface area contributed by atoms with E-state index in [9.17, 15) is 30.3 Å². The van der Waals surface area contributed by atoms with Crippen LogP contribution in [0.5, 0.6) is 0 Å². The molecule has 5 N–H and O–H groups in total. The third-order valence-electron chi connectivity index (χ3n) is 6.68. The van der Waals surface area contributed by atoms with Gasteiger partial charge in [0.05, 0.1) is 25.6 Å². The van der Waals surface area contributed by atoms with Crippen LogP contribution in [0.15, 0.2) is 10.2 Å². The van der Waals surface area contributed by atoms with Crippen molar-refractivity contribution in [2.45, 2.75) is 94.7 Å². The molecule has 0 aliphatic carbocycles. The van der Waals surface area contributed by atoms with Crippen LogP contribution in [0, 0.1) is 0 Å². The maximum Gasteiger partial charge on any atom is 0.303 e. The summed E-state index contributed by atoms with van der Waals surface area (Å²) in [6.07, 6.45) is -2.24. The molecule has 3 heterocycles. The van der Waals surface area contributed by atoms with E-state index in [0.29, 0.717) is 0 Å². The minimum Gasteiger partial charge on any atom is -0.457 e. The van der Waals surface area contributed by atoms with E-state index < -0.39 is 68.4 Å². The van der Waals surface area contributed by atoms with E-state index in [0.717, 1.165) is 71.6 Å². The monoisotopic (exact) mass is 546 g/mol. The summed E-state index contributed by atoms with van der Waals surface area (Å²) < 4.78 is 22.1. The Balaban J connectivity index is 1.75. The normalized spacial score (nSPS) is 31.5. The molecule has 0 spiro atoms. The fourth-order valence-corrected chi connectivity index (χ4v) is 4.61. The highest BCUT2D eigenvalue weighted by molar-refractivity contribution is 5.66. The highest BCUT2D eigenvalue weighted by Crippen LogP contribution is 2.26. The summed E-state index contributed by atoms with van der Waals surface area (Å²) in [7, 11) is 0. The molecule has 218 valence electrons. The summed E-state index contributed by atoms with van der Waals surface area (Å²) in [6, 6.07) is 0. The Labute approximate surface area is 222 Å². The van der Waals surface area contributed by atoms with Crippen LogP contribution in [0.2, 0.25) is 0 Å². The summed E-state index contributed by atoms with van der Waals surface area (Å²) in [5, 5.41) is 63.7. The predicted octanol–water partition coefficient (Wildman–Crippen LogP) is -1.62. The van der Waals surface area contributed by atoms with Gasteiger partial charge in [-0.05, 0) is 38.5 Å². The molecule has 14 heteroatoms. The van der Waals surface area contributed by atoms with Crippen LogP contribution in [0.4, 0.5) is 0 Å². The van der Waals surface area contributed by atoms with E-state index in [1.807, 2.05) is 10.0 Å². The Hall–Kier alpha value is -1.91. The van der Waals surface area contributed by atoms with Gasteiger partial charge in [0.2, 0.25) is 0 Å². The second kappa shape index (κ2) is 15.6. The lowest BCUT2D eigenvalue weighted by Gasteiger charge is -2.42. The van der Waals surface area contributed by atoms with Crippen LogP contribution in [-0.4, -0.2) is 143 Å². The fraction of sp³-hybridized carbons (Fsp3) is 0.875. The van der Waals surface area contributed by atoms with Gasteiger partial charge in [-0.15, -0.1) is 0 Å². The molecular formula is C24H42N4O10. The van der Waals surface area contributed by atoms with Crippen LogP contribution in [-0.2, 0) is 23.7 Å². The van der Waals surface area contributed by atoms with Crippen molar-refractivity contribution in [3.63, 3.8) is 0 Å². The van der Waals surface area contributed by atoms with Gasteiger partial charge in [0.15, 0.2) is 18.7 Å². The molecule has 0 saturated carbocycles.